The molecule has 1 aliphatic rings. The summed E-state index contributed by atoms with van der Waals surface area (Å²) in [6.45, 7) is 2.78. The second-order valence-electron chi connectivity index (χ2n) is 5.22. The maximum absolute atomic E-state index is 13.0. The molecule has 1 unspecified atom stereocenters. The average Bonchev–Trinajstić information content (AvgIpc) is 2.27. The molecule has 4 heteroatoms. The zero-order chi connectivity index (χ0) is 13.2. The van der Waals surface area contributed by atoms with Crippen molar-refractivity contribution in [2.24, 2.45) is 0 Å². The SMILES string of the molecule is CC1(O)CCCN(C(=O)Cc2cccc(F)c2)C1. The van der Waals surface area contributed by atoms with Gasteiger partial charge in [-0.3, -0.25) is 4.79 Å². The van der Waals surface area contributed by atoms with E-state index in [0.717, 1.165) is 12.8 Å². The van der Waals surface area contributed by atoms with Gasteiger partial charge >= 0.3 is 0 Å². The number of hydrogen-bond acceptors (Lipinski definition) is 2. The number of amides is 1. The molecule has 1 amide bonds. The van der Waals surface area contributed by atoms with E-state index >= 15 is 0 Å². The Kier molecular flexibility index (Phi) is 3.66. The summed E-state index contributed by atoms with van der Waals surface area (Å²) < 4.78 is 13.0. The molecule has 2 rings (SSSR count). The van der Waals surface area contributed by atoms with Gasteiger partial charge in [0.2, 0.25) is 5.91 Å². The van der Waals surface area contributed by atoms with Gasteiger partial charge in [-0.2, -0.15) is 0 Å². The smallest absolute Gasteiger partial charge is 0.227 e. The molecule has 1 aromatic rings. The Hall–Kier alpha value is -1.42. The van der Waals surface area contributed by atoms with E-state index in [2.05, 4.69) is 0 Å². The molecular weight excluding hydrogens is 233 g/mol. The van der Waals surface area contributed by atoms with Crippen molar-refractivity contribution in [2.75, 3.05) is 13.1 Å². The summed E-state index contributed by atoms with van der Waals surface area (Å²) in [7, 11) is 0. The number of carbonyl (C=O) groups is 1. The van der Waals surface area contributed by atoms with E-state index in [0.29, 0.717) is 18.7 Å². The number of halogens is 1. The highest BCUT2D eigenvalue weighted by atomic mass is 19.1. The molecule has 0 saturated carbocycles. The molecule has 0 radical (unpaired) electrons. The molecule has 1 aromatic carbocycles. The first-order valence-electron chi connectivity index (χ1n) is 6.21. The standard InChI is InChI=1S/C14H18FNO2/c1-14(18)6-3-7-16(10-14)13(17)9-11-4-2-5-12(15)8-11/h2,4-5,8,18H,3,6-7,9-10H2,1H3. The molecule has 1 saturated heterocycles. The Balaban J connectivity index is 2.00. The summed E-state index contributed by atoms with van der Waals surface area (Å²) in [5.41, 5.74) is -0.124. The van der Waals surface area contributed by atoms with Crippen LogP contribution < -0.4 is 0 Å². The van der Waals surface area contributed by atoms with Crippen molar-refractivity contribution in [3.8, 4) is 0 Å². The minimum Gasteiger partial charge on any atom is -0.388 e. The fourth-order valence-electron chi connectivity index (χ4n) is 2.37. The lowest BCUT2D eigenvalue weighted by atomic mass is 9.95. The molecule has 1 aliphatic heterocycles. The van der Waals surface area contributed by atoms with Crippen molar-refractivity contribution < 1.29 is 14.3 Å². The number of rotatable bonds is 2. The number of piperidine rings is 1. The lowest BCUT2D eigenvalue weighted by Crippen LogP contribution is -2.49. The highest BCUT2D eigenvalue weighted by Crippen LogP contribution is 2.21. The first kappa shape index (κ1) is 13.0. The highest BCUT2D eigenvalue weighted by molar-refractivity contribution is 5.79. The van der Waals surface area contributed by atoms with Crippen molar-refractivity contribution in [3.05, 3.63) is 35.6 Å². The second-order valence-corrected chi connectivity index (χ2v) is 5.22. The number of β-amino-alcohol motifs (C(OH)–C–C–N with tert-alkyl or cyclic N) is 1. The monoisotopic (exact) mass is 251 g/mol. The number of carbonyl (C=O) groups excluding carboxylic acids is 1. The Morgan fingerprint density at radius 2 is 2.33 bits per heavy atom. The summed E-state index contributed by atoms with van der Waals surface area (Å²) in [5.74, 6) is -0.383. The molecule has 0 bridgehead atoms. The summed E-state index contributed by atoms with van der Waals surface area (Å²) in [5, 5.41) is 9.95. The Morgan fingerprint density at radius 3 is 3.00 bits per heavy atom. The van der Waals surface area contributed by atoms with E-state index in [4.69, 9.17) is 0 Å². The van der Waals surface area contributed by atoms with E-state index in [9.17, 15) is 14.3 Å². The molecule has 0 spiro atoms. The van der Waals surface area contributed by atoms with Crippen LogP contribution in [0, 0.1) is 5.82 Å². The zero-order valence-corrected chi connectivity index (χ0v) is 10.5. The van der Waals surface area contributed by atoms with E-state index in [1.165, 1.54) is 12.1 Å². The largest absolute Gasteiger partial charge is 0.388 e. The van der Waals surface area contributed by atoms with Crippen LogP contribution in [0.5, 0.6) is 0 Å². The lowest BCUT2D eigenvalue weighted by Gasteiger charge is -2.36. The van der Waals surface area contributed by atoms with E-state index in [1.807, 2.05) is 0 Å². The Bertz CT molecular complexity index is 445. The van der Waals surface area contributed by atoms with E-state index < -0.39 is 5.60 Å². The molecule has 1 heterocycles. The third-order valence-electron chi connectivity index (χ3n) is 3.27. The van der Waals surface area contributed by atoms with Gasteiger partial charge in [-0.25, -0.2) is 4.39 Å². The number of aliphatic hydroxyl groups is 1. The maximum Gasteiger partial charge on any atom is 0.227 e. The summed E-state index contributed by atoms with van der Waals surface area (Å²) in [6.07, 6.45) is 1.71. The predicted molar refractivity (Wildman–Crippen MR) is 66.5 cm³/mol. The average molecular weight is 251 g/mol. The Labute approximate surface area is 106 Å². The number of hydrogen-bond donors (Lipinski definition) is 1. The van der Waals surface area contributed by atoms with Gasteiger partial charge in [0.15, 0.2) is 0 Å². The van der Waals surface area contributed by atoms with Gasteiger partial charge in [0.05, 0.1) is 12.0 Å². The molecular formula is C14H18FNO2. The van der Waals surface area contributed by atoms with Crippen LogP contribution in [0.3, 0.4) is 0 Å². The van der Waals surface area contributed by atoms with Crippen molar-refractivity contribution >= 4 is 5.91 Å². The first-order chi connectivity index (χ1) is 8.46. The van der Waals surface area contributed by atoms with Crippen LogP contribution in [-0.4, -0.2) is 34.6 Å². The van der Waals surface area contributed by atoms with Crippen LogP contribution in [0.15, 0.2) is 24.3 Å². The van der Waals surface area contributed by atoms with Crippen molar-refractivity contribution in [1.82, 2.24) is 4.90 Å². The van der Waals surface area contributed by atoms with Crippen molar-refractivity contribution in [1.29, 1.82) is 0 Å². The van der Waals surface area contributed by atoms with Gasteiger partial charge in [0.25, 0.3) is 0 Å². The zero-order valence-electron chi connectivity index (χ0n) is 10.5. The molecule has 18 heavy (non-hydrogen) atoms. The fraction of sp³-hybridized carbons (Fsp3) is 0.500. The summed E-state index contributed by atoms with van der Waals surface area (Å²) >= 11 is 0. The van der Waals surface area contributed by atoms with E-state index in [1.54, 1.807) is 24.0 Å². The van der Waals surface area contributed by atoms with Gasteiger partial charge in [0.1, 0.15) is 5.82 Å². The fourth-order valence-corrected chi connectivity index (χ4v) is 2.37. The van der Waals surface area contributed by atoms with Gasteiger partial charge in [-0.1, -0.05) is 12.1 Å². The van der Waals surface area contributed by atoms with Crippen molar-refractivity contribution in [3.63, 3.8) is 0 Å². The molecule has 98 valence electrons. The first-order valence-corrected chi connectivity index (χ1v) is 6.21. The van der Waals surface area contributed by atoms with Gasteiger partial charge in [0, 0.05) is 13.1 Å². The van der Waals surface area contributed by atoms with Gasteiger partial charge < -0.3 is 10.0 Å². The summed E-state index contributed by atoms with van der Waals surface area (Å²) in [4.78, 5) is 13.7. The number of likely N-dealkylation sites (tertiary alicyclic amines) is 1. The lowest BCUT2D eigenvalue weighted by molar-refractivity contribution is -0.136. The van der Waals surface area contributed by atoms with Crippen LogP contribution in [0.2, 0.25) is 0 Å². The third kappa shape index (κ3) is 3.29. The minimum atomic E-state index is -0.796. The van der Waals surface area contributed by atoms with Gasteiger partial charge in [-0.05, 0) is 37.5 Å². The molecule has 0 aliphatic carbocycles. The topological polar surface area (TPSA) is 40.5 Å². The van der Waals surface area contributed by atoms with Crippen LogP contribution in [0.1, 0.15) is 25.3 Å². The molecule has 1 atom stereocenters. The minimum absolute atomic E-state index is 0.0550. The quantitative estimate of drug-likeness (QED) is 0.869. The Morgan fingerprint density at radius 1 is 1.56 bits per heavy atom. The molecule has 1 fully saturated rings. The summed E-state index contributed by atoms with van der Waals surface area (Å²) in [6, 6.07) is 6.08. The molecule has 1 N–H and O–H groups in total. The van der Waals surface area contributed by atoms with Crippen LogP contribution >= 0.6 is 0 Å². The third-order valence-corrected chi connectivity index (χ3v) is 3.27. The highest BCUT2D eigenvalue weighted by Gasteiger charge is 2.30. The maximum atomic E-state index is 13.0. The molecule has 3 nitrogen and oxygen atoms in total. The number of benzene rings is 1. The predicted octanol–water partition coefficient (Wildman–Crippen LogP) is 1.74. The van der Waals surface area contributed by atoms with E-state index in [-0.39, 0.29) is 18.1 Å². The molecule has 0 aromatic heterocycles. The van der Waals surface area contributed by atoms with Crippen molar-refractivity contribution in [2.45, 2.75) is 31.8 Å². The van der Waals surface area contributed by atoms with Crippen LogP contribution in [0.4, 0.5) is 4.39 Å². The van der Waals surface area contributed by atoms with Gasteiger partial charge in [-0.15, -0.1) is 0 Å². The number of nitrogens with zero attached hydrogens (tertiary/aromatic N) is 1. The second kappa shape index (κ2) is 5.06. The van der Waals surface area contributed by atoms with Crippen LogP contribution in [0.25, 0.3) is 0 Å². The normalized spacial score (nSPS) is 24.1. The van der Waals surface area contributed by atoms with Crippen LogP contribution in [-0.2, 0) is 11.2 Å².